The Bertz CT molecular complexity index is 587. The maximum Gasteiger partial charge on any atom is 0.0404 e. The van der Waals surface area contributed by atoms with E-state index in [1.807, 2.05) is 18.2 Å². The number of benzene rings is 2. The van der Waals surface area contributed by atoms with Crippen LogP contribution in [0.3, 0.4) is 0 Å². The second kappa shape index (κ2) is 4.30. The summed E-state index contributed by atoms with van der Waals surface area (Å²) in [6.45, 7) is 5.69. The van der Waals surface area contributed by atoms with E-state index in [1.165, 1.54) is 11.3 Å². The van der Waals surface area contributed by atoms with Crippen molar-refractivity contribution in [2.45, 2.75) is 19.3 Å². The van der Waals surface area contributed by atoms with E-state index in [9.17, 15) is 0 Å². The van der Waals surface area contributed by atoms with Crippen molar-refractivity contribution >= 4 is 17.1 Å². The molecule has 0 aromatic heterocycles. The van der Waals surface area contributed by atoms with Gasteiger partial charge in [0.1, 0.15) is 0 Å². The van der Waals surface area contributed by atoms with Crippen molar-refractivity contribution in [2.24, 2.45) is 0 Å². The fourth-order valence-corrected chi connectivity index (χ4v) is 2.94. The third-order valence-electron chi connectivity index (χ3n) is 3.83. The number of hydrogen-bond acceptors (Lipinski definition) is 2. The molecule has 0 spiro atoms. The fraction of sp³-hybridized carbons (Fsp3) is 0.294. The number of nitrogens with one attached hydrogen (secondary N) is 1. The molecule has 0 bridgehead atoms. The molecule has 0 unspecified atom stereocenters. The molecule has 1 heterocycles. The standard InChI is InChI=1S/C17H20N2/c1-17(2)12-19(3)16-10-9-14(11-15(16)17)18-13-7-5-4-6-8-13/h4-11,18H,12H2,1-3H3. The maximum atomic E-state index is 3.47. The lowest BCUT2D eigenvalue weighted by Gasteiger charge is -2.19. The van der Waals surface area contributed by atoms with E-state index < -0.39 is 0 Å². The van der Waals surface area contributed by atoms with Gasteiger partial charge in [-0.15, -0.1) is 0 Å². The second-order valence-corrected chi connectivity index (χ2v) is 5.96. The molecule has 2 aromatic carbocycles. The Hall–Kier alpha value is -1.96. The maximum absolute atomic E-state index is 3.47. The van der Waals surface area contributed by atoms with Crippen molar-refractivity contribution < 1.29 is 0 Å². The van der Waals surface area contributed by atoms with E-state index >= 15 is 0 Å². The molecular formula is C17H20N2. The van der Waals surface area contributed by atoms with Gasteiger partial charge in [0, 0.05) is 36.1 Å². The molecule has 0 amide bonds. The van der Waals surface area contributed by atoms with Crippen LogP contribution in [0.15, 0.2) is 48.5 Å². The van der Waals surface area contributed by atoms with Gasteiger partial charge in [-0.1, -0.05) is 32.0 Å². The van der Waals surface area contributed by atoms with Gasteiger partial charge >= 0.3 is 0 Å². The molecule has 0 saturated heterocycles. The molecule has 3 rings (SSSR count). The van der Waals surface area contributed by atoms with E-state index in [4.69, 9.17) is 0 Å². The molecule has 19 heavy (non-hydrogen) atoms. The lowest BCUT2D eigenvalue weighted by molar-refractivity contribution is 0.563. The van der Waals surface area contributed by atoms with Crippen LogP contribution in [0.4, 0.5) is 17.1 Å². The highest BCUT2D eigenvalue weighted by molar-refractivity contribution is 5.70. The number of anilines is 3. The van der Waals surface area contributed by atoms with Crippen molar-refractivity contribution in [3.8, 4) is 0 Å². The summed E-state index contributed by atoms with van der Waals surface area (Å²) in [6.07, 6.45) is 0. The van der Waals surface area contributed by atoms with Crippen molar-refractivity contribution in [3.05, 3.63) is 54.1 Å². The zero-order chi connectivity index (χ0) is 13.5. The summed E-state index contributed by atoms with van der Waals surface area (Å²) in [4.78, 5) is 2.33. The number of fused-ring (bicyclic) bond motifs is 1. The molecule has 0 radical (unpaired) electrons. The van der Waals surface area contributed by atoms with Crippen molar-refractivity contribution in [1.29, 1.82) is 0 Å². The van der Waals surface area contributed by atoms with E-state index in [0.717, 1.165) is 17.9 Å². The molecule has 2 heteroatoms. The molecule has 0 fully saturated rings. The average molecular weight is 252 g/mol. The average Bonchev–Trinajstić information content (AvgIpc) is 2.61. The third kappa shape index (κ3) is 2.19. The molecular weight excluding hydrogens is 232 g/mol. The Labute approximate surface area is 115 Å². The summed E-state index contributed by atoms with van der Waals surface area (Å²) in [5.74, 6) is 0. The minimum atomic E-state index is 0.221. The quantitative estimate of drug-likeness (QED) is 0.863. The van der Waals surface area contributed by atoms with Crippen LogP contribution in [0.5, 0.6) is 0 Å². The van der Waals surface area contributed by atoms with Gasteiger partial charge in [-0.2, -0.15) is 0 Å². The highest BCUT2D eigenvalue weighted by atomic mass is 15.1. The summed E-state index contributed by atoms with van der Waals surface area (Å²) < 4.78 is 0. The lowest BCUT2D eigenvalue weighted by Crippen LogP contribution is -2.24. The monoisotopic (exact) mass is 252 g/mol. The molecule has 1 N–H and O–H groups in total. The normalized spacial score (nSPS) is 16.3. The minimum Gasteiger partial charge on any atom is -0.373 e. The first-order valence-corrected chi connectivity index (χ1v) is 6.74. The molecule has 0 aliphatic carbocycles. The Kier molecular flexibility index (Phi) is 2.74. The van der Waals surface area contributed by atoms with Gasteiger partial charge in [-0.25, -0.2) is 0 Å². The molecule has 2 aromatic rings. The topological polar surface area (TPSA) is 15.3 Å². The Balaban J connectivity index is 1.94. The first-order chi connectivity index (χ1) is 9.06. The van der Waals surface area contributed by atoms with Gasteiger partial charge < -0.3 is 10.2 Å². The van der Waals surface area contributed by atoms with Gasteiger partial charge in [-0.05, 0) is 35.9 Å². The summed E-state index contributed by atoms with van der Waals surface area (Å²) >= 11 is 0. The summed E-state index contributed by atoms with van der Waals surface area (Å²) in [6, 6.07) is 17.0. The first-order valence-electron chi connectivity index (χ1n) is 6.74. The van der Waals surface area contributed by atoms with Gasteiger partial charge in [0.05, 0.1) is 0 Å². The predicted molar refractivity (Wildman–Crippen MR) is 82.5 cm³/mol. The van der Waals surface area contributed by atoms with E-state index in [1.54, 1.807) is 0 Å². The first kappa shape index (κ1) is 12.1. The van der Waals surface area contributed by atoms with Crippen LogP contribution in [0.1, 0.15) is 19.4 Å². The zero-order valence-electron chi connectivity index (χ0n) is 11.8. The van der Waals surface area contributed by atoms with Crippen LogP contribution in [0.25, 0.3) is 0 Å². The predicted octanol–water partition coefficient (Wildman–Crippen LogP) is 4.16. The zero-order valence-corrected chi connectivity index (χ0v) is 11.8. The highest BCUT2D eigenvalue weighted by Gasteiger charge is 2.33. The fourth-order valence-electron chi connectivity index (χ4n) is 2.94. The van der Waals surface area contributed by atoms with Crippen LogP contribution in [-0.4, -0.2) is 13.6 Å². The Morgan fingerprint density at radius 1 is 1.00 bits per heavy atom. The van der Waals surface area contributed by atoms with Crippen molar-refractivity contribution in [2.75, 3.05) is 23.8 Å². The van der Waals surface area contributed by atoms with E-state index in [2.05, 4.69) is 61.4 Å². The van der Waals surface area contributed by atoms with Crippen LogP contribution >= 0.6 is 0 Å². The van der Waals surface area contributed by atoms with Crippen LogP contribution in [0.2, 0.25) is 0 Å². The Morgan fingerprint density at radius 2 is 1.74 bits per heavy atom. The molecule has 1 aliphatic heterocycles. The van der Waals surface area contributed by atoms with Gasteiger partial charge in [0.15, 0.2) is 0 Å². The van der Waals surface area contributed by atoms with Crippen molar-refractivity contribution in [1.82, 2.24) is 0 Å². The largest absolute Gasteiger partial charge is 0.373 e. The molecule has 0 atom stereocenters. The summed E-state index contributed by atoms with van der Waals surface area (Å²) in [5, 5.41) is 3.47. The number of hydrogen-bond donors (Lipinski definition) is 1. The van der Waals surface area contributed by atoms with Crippen molar-refractivity contribution in [3.63, 3.8) is 0 Å². The van der Waals surface area contributed by atoms with Crippen LogP contribution in [-0.2, 0) is 5.41 Å². The van der Waals surface area contributed by atoms with E-state index in [-0.39, 0.29) is 5.41 Å². The van der Waals surface area contributed by atoms with Crippen LogP contribution < -0.4 is 10.2 Å². The minimum absolute atomic E-state index is 0.221. The number of para-hydroxylation sites is 1. The third-order valence-corrected chi connectivity index (χ3v) is 3.83. The molecule has 0 saturated carbocycles. The SMILES string of the molecule is CN1CC(C)(C)c2cc(Nc3ccccc3)ccc21. The number of likely N-dealkylation sites (N-methyl/N-ethyl adjacent to an activating group) is 1. The lowest BCUT2D eigenvalue weighted by atomic mass is 9.87. The van der Waals surface area contributed by atoms with E-state index in [0.29, 0.717) is 0 Å². The highest BCUT2D eigenvalue weighted by Crippen LogP contribution is 2.41. The summed E-state index contributed by atoms with van der Waals surface area (Å²) in [5.41, 5.74) is 5.29. The smallest absolute Gasteiger partial charge is 0.0404 e. The van der Waals surface area contributed by atoms with Gasteiger partial charge in [0.2, 0.25) is 0 Å². The Morgan fingerprint density at radius 3 is 2.47 bits per heavy atom. The molecule has 98 valence electrons. The molecule has 1 aliphatic rings. The number of nitrogens with zero attached hydrogens (tertiary/aromatic N) is 1. The molecule has 2 nitrogen and oxygen atoms in total. The second-order valence-electron chi connectivity index (χ2n) is 5.96. The van der Waals surface area contributed by atoms with Gasteiger partial charge in [0.25, 0.3) is 0 Å². The number of rotatable bonds is 2. The summed E-state index contributed by atoms with van der Waals surface area (Å²) in [7, 11) is 2.16. The van der Waals surface area contributed by atoms with Crippen LogP contribution in [0, 0.1) is 0 Å². The van der Waals surface area contributed by atoms with Gasteiger partial charge in [-0.3, -0.25) is 0 Å².